The van der Waals surface area contributed by atoms with Crippen molar-refractivity contribution in [3.8, 4) is 0 Å². The van der Waals surface area contributed by atoms with Gasteiger partial charge in [0.05, 0.1) is 5.41 Å². The summed E-state index contributed by atoms with van der Waals surface area (Å²) in [5.74, 6) is -3.85. The molecule has 0 spiro atoms. The van der Waals surface area contributed by atoms with Crippen molar-refractivity contribution in [2.75, 3.05) is 13.1 Å². The van der Waals surface area contributed by atoms with Crippen LogP contribution in [-0.2, 0) is 11.3 Å². The standard InChI is InChI=1S/C15H19F3N2O/c1-2-20-14(21)15(4-3-5-15)9-19-8-10-6-11(16)13(18)12(17)7-10/h6-7,19H,2-5,8-9H2,1H3,(H,20,21). The van der Waals surface area contributed by atoms with Gasteiger partial charge in [0.1, 0.15) is 0 Å². The van der Waals surface area contributed by atoms with Gasteiger partial charge in [-0.1, -0.05) is 6.42 Å². The number of rotatable bonds is 6. The van der Waals surface area contributed by atoms with Gasteiger partial charge in [-0.05, 0) is 37.5 Å². The van der Waals surface area contributed by atoms with Crippen LogP contribution < -0.4 is 10.6 Å². The van der Waals surface area contributed by atoms with E-state index in [2.05, 4.69) is 10.6 Å². The maximum Gasteiger partial charge on any atom is 0.227 e. The largest absolute Gasteiger partial charge is 0.356 e. The maximum atomic E-state index is 13.1. The van der Waals surface area contributed by atoms with Gasteiger partial charge in [0, 0.05) is 19.6 Å². The minimum Gasteiger partial charge on any atom is -0.356 e. The number of carbonyl (C=O) groups is 1. The lowest BCUT2D eigenvalue weighted by atomic mass is 9.68. The first-order chi connectivity index (χ1) is 9.98. The van der Waals surface area contributed by atoms with Crippen molar-refractivity contribution in [1.82, 2.24) is 10.6 Å². The van der Waals surface area contributed by atoms with Crippen LogP contribution >= 0.6 is 0 Å². The fraction of sp³-hybridized carbons (Fsp3) is 0.533. The molecular formula is C15H19F3N2O. The second-order valence-electron chi connectivity index (χ2n) is 5.47. The molecule has 1 aromatic rings. The van der Waals surface area contributed by atoms with E-state index < -0.39 is 22.9 Å². The monoisotopic (exact) mass is 300 g/mol. The second-order valence-corrected chi connectivity index (χ2v) is 5.47. The Hall–Kier alpha value is -1.56. The lowest BCUT2D eigenvalue weighted by molar-refractivity contribution is -0.135. The average Bonchev–Trinajstić information content (AvgIpc) is 2.39. The second kappa shape index (κ2) is 6.47. The van der Waals surface area contributed by atoms with Crippen LogP contribution in [0.25, 0.3) is 0 Å². The zero-order valence-electron chi connectivity index (χ0n) is 11.9. The Morgan fingerprint density at radius 1 is 1.24 bits per heavy atom. The molecule has 0 atom stereocenters. The summed E-state index contributed by atoms with van der Waals surface area (Å²) in [4.78, 5) is 12.0. The summed E-state index contributed by atoms with van der Waals surface area (Å²) in [6, 6.07) is 1.93. The quantitative estimate of drug-likeness (QED) is 0.793. The number of hydrogen-bond acceptors (Lipinski definition) is 2. The molecule has 1 aromatic carbocycles. The minimum absolute atomic E-state index is 0.0141. The van der Waals surface area contributed by atoms with Gasteiger partial charge in [-0.15, -0.1) is 0 Å². The summed E-state index contributed by atoms with van der Waals surface area (Å²) in [6.07, 6.45) is 2.61. The van der Waals surface area contributed by atoms with Gasteiger partial charge >= 0.3 is 0 Å². The van der Waals surface area contributed by atoms with Crippen molar-refractivity contribution in [1.29, 1.82) is 0 Å². The Kier molecular flexibility index (Phi) is 4.88. The van der Waals surface area contributed by atoms with Gasteiger partial charge in [-0.25, -0.2) is 13.2 Å². The summed E-state index contributed by atoms with van der Waals surface area (Å²) < 4.78 is 39.1. The van der Waals surface area contributed by atoms with E-state index in [4.69, 9.17) is 0 Å². The molecule has 1 fully saturated rings. The predicted molar refractivity (Wildman–Crippen MR) is 73.0 cm³/mol. The van der Waals surface area contributed by atoms with E-state index in [-0.39, 0.29) is 12.5 Å². The SMILES string of the molecule is CCNC(=O)C1(CNCc2cc(F)c(F)c(F)c2)CCC1. The van der Waals surface area contributed by atoms with Crippen LogP contribution in [-0.4, -0.2) is 19.0 Å². The fourth-order valence-electron chi connectivity index (χ4n) is 2.59. The van der Waals surface area contributed by atoms with Crippen LogP contribution in [0.4, 0.5) is 13.2 Å². The number of benzene rings is 1. The molecule has 6 heteroatoms. The summed E-state index contributed by atoms with van der Waals surface area (Å²) in [5.41, 5.74) is -0.107. The summed E-state index contributed by atoms with van der Waals surface area (Å²) in [7, 11) is 0. The molecule has 0 radical (unpaired) electrons. The van der Waals surface area contributed by atoms with E-state index in [0.29, 0.717) is 18.7 Å². The van der Waals surface area contributed by atoms with Gasteiger partial charge in [0.2, 0.25) is 5.91 Å². The molecular weight excluding hydrogens is 281 g/mol. The number of nitrogens with one attached hydrogen (secondary N) is 2. The van der Waals surface area contributed by atoms with Crippen molar-refractivity contribution in [3.05, 3.63) is 35.1 Å². The Bertz CT molecular complexity index is 507. The molecule has 0 bridgehead atoms. The van der Waals surface area contributed by atoms with Crippen LogP contribution in [0.3, 0.4) is 0 Å². The molecule has 0 heterocycles. The number of carbonyl (C=O) groups excluding carboxylic acids is 1. The summed E-state index contributed by atoms with van der Waals surface area (Å²) in [6.45, 7) is 3.07. The average molecular weight is 300 g/mol. The first kappa shape index (κ1) is 15.8. The molecule has 0 saturated heterocycles. The molecule has 3 nitrogen and oxygen atoms in total. The molecule has 1 amide bonds. The van der Waals surface area contributed by atoms with Gasteiger partial charge in [-0.3, -0.25) is 4.79 Å². The molecule has 21 heavy (non-hydrogen) atoms. The highest BCUT2D eigenvalue weighted by molar-refractivity contribution is 5.83. The van der Waals surface area contributed by atoms with Crippen molar-refractivity contribution in [3.63, 3.8) is 0 Å². The molecule has 2 N–H and O–H groups in total. The highest BCUT2D eigenvalue weighted by Crippen LogP contribution is 2.40. The molecule has 0 aliphatic heterocycles. The molecule has 1 aliphatic rings. The van der Waals surface area contributed by atoms with Crippen LogP contribution in [0.2, 0.25) is 0 Å². The van der Waals surface area contributed by atoms with Crippen molar-refractivity contribution >= 4 is 5.91 Å². The Balaban J connectivity index is 1.93. The van der Waals surface area contributed by atoms with E-state index in [1.165, 1.54) is 0 Å². The number of amides is 1. The first-order valence-electron chi connectivity index (χ1n) is 7.11. The summed E-state index contributed by atoms with van der Waals surface area (Å²) >= 11 is 0. The van der Waals surface area contributed by atoms with E-state index in [1.807, 2.05) is 6.92 Å². The maximum absolute atomic E-state index is 13.1. The lowest BCUT2D eigenvalue weighted by Gasteiger charge is -2.40. The van der Waals surface area contributed by atoms with Crippen molar-refractivity contribution in [2.24, 2.45) is 5.41 Å². The van der Waals surface area contributed by atoms with Gasteiger partial charge in [-0.2, -0.15) is 0 Å². The van der Waals surface area contributed by atoms with Crippen molar-refractivity contribution in [2.45, 2.75) is 32.7 Å². The topological polar surface area (TPSA) is 41.1 Å². The zero-order chi connectivity index (χ0) is 15.5. The van der Waals surface area contributed by atoms with Crippen LogP contribution in [0, 0.1) is 22.9 Å². The van der Waals surface area contributed by atoms with Gasteiger partial charge in [0.15, 0.2) is 17.5 Å². The zero-order valence-corrected chi connectivity index (χ0v) is 11.9. The molecule has 1 saturated carbocycles. The minimum atomic E-state index is -1.46. The number of hydrogen-bond donors (Lipinski definition) is 2. The van der Waals surface area contributed by atoms with E-state index >= 15 is 0 Å². The number of halogens is 3. The van der Waals surface area contributed by atoms with Crippen LogP contribution in [0.5, 0.6) is 0 Å². The first-order valence-corrected chi connectivity index (χ1v) is 7.11. The molecule has 1 aliphatic carbocycles. The van der Waals surface area contributed by atoms with E-state index in [9.17, 15) is 18.0 Å². The van der Waals surface area contributed by atoms with Crippen LogP contribution in [0.1, 0.15) is 31.7 Å². The van der Waals surface area contributed by atoms with Gasteiger partial charge < -0.3 is 10.6 Å². The predicted octanol–water partition coefficient (Wildman–Crippen LogP) is 2.50. The normalized spacial score (nSPS) is 16.4. The third kappa shape index (κ3) is 3.37. The highest BCUT2D eigenvalue weighted by Gasteiger charge is 2.43. The third-order valence-corrected chi connectivity index (χ3v) is 3.97. The highest BCUT2D eigenvalue weighted by atomic mass is 19.2. The Morgan fingerprint density at radius 2 is 1.86 bits per heavy atom. The molecule has 2 rings (SSSR count). The van der Waals surface area contributed by atoms with Gasteiger partial charge in [0.25, 0.3) is 0 Å². The van der Waals surface area contributed by atoms with Crippen LogP contribution in [0.15, 0.2) is 12.1 Å². The molecule has 0 unspecified atom stereocenters. The Morgan fingerprint density at radius 3 is 2.33 bits per heavy atom. The third-order valence-electron chi connectivity index (χ3n) is 3.97. The van der Waals surface area contributed by atoms with E-state index in [1.54, 1.807) is 0 Å². The van der Waals surface area contributed by atoms with E-state index in [0.717, 1.165) is 31.4 Å². The molecule has 0 aromatic heterocycles. The lowest BCUT2D eigenvalue weighted by Crippen LogP contribution is -2.51. The fourth-order valence-corrected chi connectivity index (χ4v) is 2.59. The van der Waals surface area contributed by atoms with Crippen molar-refractivity contribution < 1.29 is 18.0 Å². The smallest absolute Gasteiger partial charge is 0.227 e. The Labute approximate surface area is 121 Å². The molecule has 116 valence electrons. The summed E-state index contributed by atoms with van der Waals surface area (Å²) in [5, 5.41) is 5.86.